The van der Waals surface area contributed by atoms with E-state index < -0.39 is 10.0 Å². The molecular weight excluding hydrogens is 264 g/mol. The molecular formula is C10H11ClN2O3S. The Hall–Kier alpha value is -1.11. The van der Waals surface area contributed by atoms with Crippen molar-refractivity contribution in [3.8, 4) is 0 Å². The zero-order valence-electron chi connectivity index (χ0n) is 8.81. The van der Waals surface area contributed by atoms with E-state index in [9.17, 15) is 13.2 Å². The van der Waals surface area contributed by atoms with E-state index in [1.165, 1.54) is 24.3 Å². The van der Waals surface area contributed by atoms with E-state index in [4.69, 9.17) is 11.6 Å². The van der Waals surface area contributed by atoms with E-state index in [1.54, 1.807) is 0 Å². The number of amides is 1. The fourth-order valence-corrected chi connectivity index (χ4v) is 2.95. The first kappa shape index (κ1) is 12.3. The summed E-state index contributed by atoms with van der Waals surface area (Å²) in [7, 11) is -3.58. The van der Waals surface area contributed by atoms with Crippen molar-refractivity contribution in [3.05, 3.63) is 29.3 Å². The summed E-state index contributed by atoms with van der Waals surface area (Å²) in [6.45, 7) is 0.325. The van der Waals surface area contributed by atoms with Gasteiger partial charge in [-0.15, -0.1) is 0 Å². The molecule has 0 bridgehead atoms. The average molecular weight is 275 g/mol. The molecule has 17 heavy (non-hydrogen) atoms. The third-order valence-corrected chi connectivity index (χ3v) is 4.21. The molecule has 0 aromatic heterocycles. The van der Waals surface area contributed by atoms with Crippen LogP contribution in [-0.2, 0) is 14.8 Å². The molecule has 5 nitrogen and oxygen atoms in total. The van der Waals surface area contributed by atoms with Crippen molar-refractivity contribution >= 4 is 27.5 Å². The Morgan fingerprint density at radius 1 is 1.29 bits per heavy atom. The number of benzene rings is 1. The molecule has 2 rings (SSSR count). The molecule has 92 valence electrons. The van der Waals surface area contributed by atoms with Gasteiger partial charge in [-0.1, -0.05) is 11.6 Å². The Morgan fingerprint density at radius 3 is 2.47 bits per heavy atom. The predicted octanol–water partition coefficient (Wildman–Crippen LogP) is 0.507. The largest absolute Gasteiger partial charge is 0.354 e. The quantitative estimate of drug-likeness (QED) is 0.843. The van der Waals surface area contributed by atoms with Crippen LogP contribution in [0.4, 0.5) is 0 Å². The average Bonchev–Trinajstić information content (AvgIpc) is 2.63. The Morgan fingerprint density at radius 2 is 1.94 bits per heavy atom. The fourth-order valence-electron chi connectivity index (χ4n) is 1.59. The maximum atomic E-state index is 11.9. The smallest absolute Gasteiger partial charge is 0.240 e. The van der Waals surface area contributed by atoms with Crippen LogP contribution in [0.1, 0.15) is 6.42 Å². The number of halogens is 1. The lowest BCUT2D eigenvalue weighted by atomic mass is 10.3. The van der Waals surface area contributed by atoms with Crippen LogP contribution in [0, 0.1) is 0 Å². The summed E-state index contributed by atoms with van der Waals surface area (Å²) < 4.78 is 26.3. The van der Waals surface area contributed by atoms with E-state index in [1.807, 2.05) is 0 Å². The highest BCUT2D eigenvalue weighted by atomic mass is 35.5. The summed E-state index contributed by atoms with van der Waals surface area (Å²) in [4.78, 5) is 11.1. The summed E-state index contributed by atoms with van der Waals surface area (Å²) in [5.41, 5.74) is 0. The molecule has 1 fully saturated rings. The van der Waals surface area contributed by atoms with E-state index in [0.29, 0.717) is 11.6 Å². The van der Waals surface area contributed by atoms with E-state index in [-0.39, 0.29) is 23.3 Å². The molecule has 0 aliphatic carbocycles. The summed E-state index contributed by atoms with van der Waals surface area (Å²) in [6, 6.07) is 5.48. The number of rotatable bonds is 3. The second-order valence-corrected chi connectivity index (χ2v) is 5.93. The molecule has 0 radical (unpaired) electrons. The van der Waals surface area contributed by atoms with E-state index in [0.717, 1.165) is 0 Å². The molecule has 1 aliphatic rings. The zero-order chi connectivity index (χ0) is 12.5. The van der Waals surface area contributed by atoms with Crippen LogP contribution < -0.4 is 10.0 Å². The highest BCUT2D eigenvalue weighted by molar-refractivity contribution is 7.89. The van der Waals surface area contributed by atoms with Crippen molar-refractivity contribution in [2.24, 2.45) is 0 Å². The number of hydrogen-bond acceptors (Lipinski definition) is 3. The molecule has 2 N–H and O–H groups in total. The van der Waals surface area contributed by atoms with Crippen LogP contribution in [0.2, 0.25) is 5.02 Å². The molecule has 7 heteroatoms. The van der Waals surface area contributed by atoms with Crippen molar-refractivity contribution in [3.63, 3.8) is 0 Å². The SMILES string of the molecule is O=C1C[C@@H](NS(=O)(=O)c2ccc(Cl)cc2)CN1. The highest BCUT2D eigenvalue weighted by Crippen LogP contribution is 2.15. The Kier molecular flexibility index (Phi) is 3.37. The number of sulfonamides is 1. The van der Waals surface area contributed by atoms with Crippen molar-refractivity contribution in [1.29, 1.82) is 0 Å². The lowest BCUT2D eigenvalue weighted by molar-refractivity contribution is -0.119. The van der Waals surface area contributed by atoms with Gasteiger partial charge in [-0.3, -0.25) is 4.79 Å². The first-order valence-electron chi connectivity index (χ1n) is 5.02. The fraction of sp³-hybridized carbons (Fsp3) is 0.300. The maximum absolute atomic E-state index is 11.9. The minimum absolute atomic E-state index is 0.140. The lowest BCUT2D eigenvalue weighted by Gasteiger charge is -2.11. The topological polar surface area (TPSA) is 75.3 Å². The number of carbonyl (C=O) groups is 1. The number of carbonyl (C=O) groups excluding carboxylic acids is 1. The second kappa shape index (κ2) is 4.64. The monoisotopic (exact) mass is 274 g/mol. The second-order valence-electron chi connectivity index (χ2n) is 3.78. The Balaban J connectivity index is 2.14. The van der Waals surface area contributed by atoms with Crippen LogP contribution in [-0.4, -0.2) is 26.9 Å². The third kappa shape index (κ3) is 2.96. The van der Waals surface area contributed by atoms with Gasteiger partial charge >= 0.3 is 0 Å². The molecule has 1 saturated heterocycles. The van der Waals surface area contributed by atoms with Gasteiger partial charge in [0.05, 0.1) is 4.90 Å². The Labute approximate surface area is 104 Å². The van der Waals surface area contributed by atoms with Gasteiger partial charge in [0.15, 0.2) is 0 Å². The minimum Gasteiger partial charge on any atom is -0.354 e. The number of hydrogen-bond donors (Lipinski definition) is 2. The molecule has 0 unspecified atom stereocenters. The molecule has 1 aromatic rings. The van der Waals surface area contributed by atoms with Gasteiger partial charge in [0, 0.05) is 24.0 Å². The highest BCUT2D eigenvalue weighted by Gasteiger charge is 2.26. The van der Waals surface area contributed by atoms with Gasteiger partial charge in [0.1, 0.15) is 0 Å². The van der Waals surface area contributed by atoms with Crippen molar-refractivity contribution in [2.75, 3.05) is 6.54 Å². The molecule has 0 spiro atoms. The molecule has 1 amide bonds. The molecule has 1 atom stereocenters. The van der Waals surface area contributed by atoms with Crippen LogP contribution in [0.25, 0.3) is 0 Å². The summed E-state index contributed by atoms with van der Waals surface area (Å²) >= 11 is 5.68. The van der Waals surface area contributed by atoms with E-state index >= 15 is 0 Å². The third-order valence-electron chi connectivity index (χ3n) is 2.42. The van der Waals surface area contributed by atoms with Crippen LogP contribution in [0.5, 0.6) is 0 Å². The maximum Gasteiger partial charge on any atom is 0.240 e. The van der Waals surface area contributed by atoms with Crippen LogP contribution in [0.3, 0.4) is 0 Å². The molecule has 1 aromatic carbocycles. The van der Waals surface area contributed by atoms with Crippen molar-refractivity contribution in [2.45, 2.75) is 17.4 Å². The summed E-state index contributed by atoms with van der Waals surface area (Å²) in [6.07, 6.45) is 0.173. The van der Waals surface area contributed by atoms with Gasteiger partial charge in [0.2, 0.25) is 15.9 Å². The van der Waals surface area contributed by atoms with Gasteiger partial charge in [-0.05, 0) is 24.3 Å². The normalized spacial score (nSPS) is 20.3. The molecule has 1 aliphatic heterocycles. The van der Waals surface area contributed by atoms with Gasteiger partial charge in [-0.2, -0.15) is 0 Å². The predicted molar refractivity (Wildman–Crippen MR) is 63.2 cm³/mol. The summed E-state index contributed by atoms with van der Waals surface area (Å²) in [5, 5.41) is 3.04. The molecule has 1 heterocycles. The Bertz CT molecular complexity index is 527. The van der Waals surface area contributed by atoms with Gasteiger partial charge in [0.25, 0.3) is 0 Å². The molecule has 0 saturated carbocycles. The van der Waals surface area contributed by atoms with Crippen molar-refractivity contribution in [1.82, 2.24) is 10.0 Å². The zero-order valence-corrected chi connectivity index (χ0v) is 10.4. The van der Waals surface area contributed by atoms with Gasteiger partial charge in [-0.25, -0.2) is 13.1 Å². The first-order chi connectivity index (χ1) is 7.97. The van der Waals surface area contributed by atoms with Crippen LogP contribution >= 0.6 is 11.6 Å². The lowest BCUT2D eigenvalue weighted by Crippen LogP contribution is -2.36. The van der Waals surface area contributed by atoms with Gasteiger partial charge < -0.3 is 5.32 Å². The first-order valence-corrected chi connectivity index (χ1v) is 6.88. The number of nitrogens with one attached hydrogen (secondary N) is 2. The standard InChI is InChI=1S/C10H11ClN2O3S/c11-7-1-3-9(4-2-7)17(15,16)13-8-5-10(14)12-6-8/h1-4,8,13H,5-6H2,(H,12,14)/t8-/m1/s1. The van der Waals surface area contributed by atoms with Crippen LogP contribution in [0.15, 0.2) is 29.2 Å². The van der Waals surface area contributed by atoms with Crippen molar-refractivity contribution < 1.29 is 13.2 Å². The summed E-state index contributed by atoms with van der Waals surface area (Å²) in [5.74, 6) is -0.145. The van der Waals surface area contributed by atoms with E-state index in [2.05, 4.69) is 10.0 Å². The minimum atomic E-state index is -3.58.